The molecule has 7 heteroatoms. The van der Waals surface area contributed by atoms with Gasteiger partial charge in [0.2, 0.25) is 5.91 Å². The third-order valence-electron chi connectivity index (χ3n) is 4.51. The van der Waals surface area contributed by atoms with Crippen molar-refractivity contribution in [2.45, 2.75) is 37.7 Å². The van der Waals surface area contributed by atoms with E-state index in [1.165, 1.54) is 6.33 Å². The maximum atomic E-state index is 12.3. The van der Waals surface area contributed by atoms with Crippen LogP contribution in [0.25, 0.3) is 0 Å². The van der Waals surface area contributed by atoms with Crippen LogP contribution in [-0.4, -0.2) is 74.8 Å². The van der Waals surface area contributed by atoms with Crippen LogP contribution in [0.2, 0.25) is 0 Å². The molecular formula is C14H23N5O2. The maximum Gasteiger partial charge on any atom is 0.236 e. The third kappa shape index (κ3) is 3.59. The molecule has 0 aromatic carbocycles. The Kier molecular flexibility index (Phi) is 4.50. The molecule has 2 fully saturated rings. The SMILES string of the molecule is O=C(CN1CCC[C@@H](O)C1)N1CCC(c2ncn[nH]2)CC1. The molecule has 21 heavy (non-hydrogen) atoms. The number of aliphatic hydroxyl groups is 1. The smallest absolute Gasteiger partial charge is 0.236 e. The second kappa shape index (κ2) is 6.53. The van der Waals surface area contributed by atoms with E-state index in [4.69, 9.17) is 0 Å². The lowest BCUT2D eigenvalue weighted by molar-refractivity contribution is -0.134. The molecule has 1 amide bonds. The number of amides is 1. The van der Waals surface area contributed by atoms with Crippen LogP contribution in [0, 0.1) is 0 Å². The van der Waals surface area contributed by atoms with Crippen molar-refractivity contribution < 1.29 is 9.90 Å². The Labute approximate surface area is 124 Å². The highest BCUT2D eigenvalue weighted by molar-refractivity contribution is 5.78. The normalized spacial score (nSPS) is 25.2. The number of carbonyl (C=O) groups is 1. The van der Waals surface area contributed by atoms with Gasteiger partial charge in [-0.3, -0.25) is 14.8 Å². The average Bonchev–Trinajstić information content (AvgIpc) is 3.01. The largest absolute Gasteiger partial charge is 0.392 e. The molecule has 2 aliphatic rings. The molecule has 2 N–H and O–H groups in total. The average molecular weight is 293 g/mol. The van der Waals surface area contributed by atoms with E-state index in [2.05, 4.69) is 20.1 Å². The number of aromatic nitrogens is 3. The number of nitrogens with zero attached hydrogens (tertiary/aromatic N) is 4. The van der Waals surface area contributed by atoms with E-state index in [1.807, 2.05) is 4.90 Å². The van der Waals surface area contributed by atoms with Crippen LogP contribution in [0.15, 0.2) is 6.33 Å². The predicted molar refractivity (Wildman–Crippen MR) is 76.6 cm³/mol. The molecule has 1 aromatic heterocycles. The van der Waals surface area contributed by atoms with Gasteiger partial charge in [0.15, 0.2) is 0 Å². The Morgan fingerprint density at radius 3 is 2.81 bits per heavy atom. The number of carbonyl (C=O) groups excluding carboxylic acids is 1. The number of β-amino-alcohol motifs (C(OH)–C–C–N with tert-alkyl or cyclic N) is 1. The van der Waals surface area contributed by atoms with Gasteiger partial charge in [-0.15, -0.1) is 0 Å². The number of nitrogens with one attached hydrogen (secondary N) is 1. The van der Waals surface area contributed by atoms with Crippen LogP contribution >= 0.6 is 0 Å². The van der Waals surface area contributed by atoms with E-state index in [1.54, 1.807) is 0 Å². The lowest BCUT2D eigenvalue weighted by Gasteiger charge is -2.34. The van der Waals surface area contributed by atoms with Gasteiger partial charge in [0.25, 0.3) is 0 Å². The molecule has 3 heterocycles. The van der Waals surface area contributed by atoms with Crippen molar-refractivity contribution in [3.8, 4) is 0 Å². The summed E-state index contributed by atoms with van der Waals surface area (Å²) in [5.74, 6) is 1.50. The minimum Gasteiger partial charge on any atom is -0.392 e. The number of H-pyrrole nitrogens is 1. The number of hydrogen-bond donors (Lipinski definition) is 2. The summed E-state index contributed by atoms with van der Waals surface area (Å²) in [6, 6.07) is 0. The molecule has 0 spiro atoms. The van der Waals surface area contributed by atoms with E-state index in [9.17, 15) is 9.90 Å². The van der Waals surface area contributed by atoms with Crippen LogP contribution in [-0.2, 0) is 4.79 Å². The van der Waals surface area contributed by atoms with Crippen LogP contribution in [0.5, 0.6) is 0 Å². The Morgan fingerprint density at radius 1 is 1.33 bits per heavy atom. The summed E-state index contributed by atoms with van der Waals surface area (Å²) < 4.78 is 0. The van der Waals surface area contributed by atoms with Crippen molar-refractivity contribution in [1.82, 2.24) is 25.0 Å². The molecule has 116 valence electrons. The Balaban J connectivity index is 1.46. The second-order valence-electron chi connectivity index (χ2n) is 6.06. The van der Waals surface area contributed by atoms with Crippen LogP contribution in [0.4, 0.5) is 0 Å². The molecule has 0 radical (unpaired) electrons. The summed E-state index contributed by atoms with van der Waals surface area (Å²) in [4.78, 5) is 20.5. The first-order valence-electron chi connectivity index (χ1n) is 7.76. The topological polar surface area (TPSA) is 85.3 Å². The molecule has 0 bridgehead atoms. The summed E-state index contributed by atoms with van der Waals surface area (Å²) in [7, 11) is 0. The van der Waals surface area contributed by atoms with Gasteiger partial charge in [0, 0.05) is 25.6 Å². The van der Waals surface area contributed by atoms with Gasteiger partial charge in [0.05, 0.1) is 12.6 Å². The van der Waals surface area contributed by atoms with Crippen LogP contribution in [0.1, 0.15) is 37.4 Å². The standard InChI is InChI=1S/C14H23N5O2/c20-12-2-1-5-18(8-12)9-13(21)19-6-3-11(4-7-19)14-15-10-16-17-14/h10-12,20H,1-9H2,(H,15,16,17)/t12-/m1/s1. The van der Waals surface area contributed by atoms with Gasteiger partial charge in [-0.25, -0.2) is 4.98 Å². The highest BCUT2D eigenvalue weighted by atomic mass is 16.3. The highest BCUT2D eigenvalue weighted by Gasteiger charge is 2.27. The summed E-state index contributed by atoms with van der Waals surface area (Å²) in [5.41, 5.74) is 0. The molecule has 1 aromatic rings. The zero-order valence-electron chi connectivity index (χ0n) is 12.2. The number of aliphatic hydroxyl groups excluding tert-OH is 1. The quantitative estimate of drug-likeness (QED) is 0.817. The van der Waals surface area contributed by atoms with Gasteiger partial charge in [-0.2, -0.15) is 5.10 Å². The lowest BCUT2D eigenvalue weighted by Crippen LogP contribution is -2.47. The maximum absolute atomic E-state index is 12.3. The first-order valence-corrected chi connectivity index (χ1v) is 7.76. The number of likely N-dealkylation sites (tertiary alicyclic amines) is 2. The van der Waals surface area contributed by atoms with E-state index >= 15 is 0 Å². The molecule has 2 aliphatic heterocycles. The third-order valence-corrected chi connectivity index (χ3v) is 4.51. The van der Waals surface area contributed by atoms with Crippen molar-refractivity contribution >= 4 is 5.91 Å². The van der Waals surface area contributed by atoms with Gasteiger partial charge < -0.3 is 10.0 Å². The first-order chi connectivity index (χ1) is 10.2. The Bertz CT molecular complexity index is 456. The Hall–Kier alpha value is -1.47. The van der Waals surface area contributed by atoms with Crippen molar-refractivity contribution in [2.24, 2.45) is 0 Å². The van der Waals surface area contributed by atoms with Crippen LogP contribution < -0.4 is 0 Å². The molecule has 0 unspecified atom stereocenters. The fourth-order valence-corrected chi connectivity index (χ4v) is 3.28. The summed E-state index contributed by atoms with van der Waals surface area (Å²) >= 11 is 0. The molecular weight excluding hydrogens is 270 g/mol. The minimum absolute atomic E-state index is 0.181. The van der Waals surface area contributed by atoms with Gasteiger partial charge in [-0.05, 0) is 32.2 Å². The molecule has 0 saturated carbocycles. The fraction of sp³-hybridized carbons (Fsp3) is 0.786. The number of rotatable bonds is 3. The molecule has 2 saturated heterocycles. The van der Waals surface area contributed by atoms with E-state index in [0.29, 0.717) is 19.0 Å². The van der Waals surface area contributed by atoms with E-state index in [-0.39, 0.29) is 12.0 Å². The first kappa shape index (κ1) is 14.5. The number of hydrogen-bond acceptors (Lipinski definition) is 5. The van der Waals surface area contributed by atoms with Crippen LogP contribution in [0.3, 0.4) is 0 Å². The van der Waals surface area contributed by atoms with E-state index < -0.39 is 0 Å². The second-order valence-corrected chi connectivity index (χ2v) is 6.06. The lowest BCUT2D eigenvalue weighted by atomic mass is 9.96. The molecule has 7 nitrogen and oxygen atoms in total. The van der Waals surface area contributed by atoms with Crippen molar-refractivity contribution in [2.75, 3.05) is 32.7 Å². The van der Waals surface area contributed by atoms with E-state index in [0.717, 1.165) is 51.1 Å². The molecule has 1 atom stereocenters. The zero-order valence-corrected chi connectivity index (χ0v) is 12.2. The number of piperidine rings is 2. The van der Waals surface area contributed by atoms with Gasteiger partial charge in [-0.1, -0.05) is 0 Å². The summed E-state index contributed by atoms with van der Waals surface area (Å²) in [6.45, 7) is 3.53. The number of aromatic amines is 1. The monoisotopic (exact) mass is 293 g/mol. The summed E-state index contributed by atoms with van der Waals surface area (Å²) in [5, 5.41) is 16.5. The van der Waals surface area contributed by atoms with Gasteiger partial charge >= 0.3 is 0 Å². The minimum atomic E-state index is -0.274. The zero-order chi connectivity index (χ0) is 14.7. The highest BCUT2D eigenvalue weighted by Crippen LogP contribution is 2.25. The summed E-state index contributed by atoms with van der Waals surface area (Å²) in [6.07, 6.45) is 4.96. The van der Waals surface area contributed by atoms with Gasteiger partial charge in [0.1, 0.15) is 12.2 Å². The molecule has 0 aliphatic carbocycles. The van der Waals surface area contributed by atoms with Crippen molar-refractivity contribution in [3.05, 3.63) is 12.2 Å². The van der Waals surface area contributed by atoms with Crippen molar-refractivity contribution in [3.63, 3.8) is 0 Å². The predicted octanol–water partition coefficient (Wildman–Crippen LogP) is -0.0326. The Morgan fingerprint density at radius 2 is 2.14 bits per heavy atom. The fourth-order valence-electron chi connectivity index (χ4n) is 3.28. The molecule has 3 rings (SSSR count). The van der Waals surface area contributed by atoms with Crippen molar-refractivity contribution in [1.29, 1.82) is 0 Å².